The number of allylic oxidation sites excluding steroid dienone is 2. The van der Waals surface area contributed by atoms with Crippen molar-refractivity contribution in [3.63, 3.8) is 0 Å². The van der Waals surface area contributed by atoms with Gasteiger partial charge >= 0.3 is 11.9 Å². The fourth-order valence-electron chi connectivity index (χ4n) is 10.1. The number of hydrogen-bond donors (Lipinski definition) is 6. The average Bonchev–Trinajstić information content (AvgIpc) is 3.20. The summed E-state index contributed by atoms with van der Waals surface area (Å²) >= 11 is 0. The van der Waals surface area contributed by atoms with Gasteiger partial charge in [0.2, 0.25) is 0 Å². The summed E-state index contributed by atoms with van der Waals surface area (Å²) in [6.07, 6.45) is 6.22. The predicted molar refractivity (Wildman–Crippen MR) is 170 cm³/mol. The van der Waals surface area contributed by atoms with Gasteiger partial charge in [-0.3, -0.25) is 4.79 Å². The minimum Gasteiger partial charge on any atom is -0.478 e. The molecule has 9 nitrogen and oxygen atoms in total. The fraction of sp³-hybridized carbons (Fsp3) is 0.829. The number of carboxylic acids is 1. The lowest BCUT2D eigenvalue weighted by Gasteiger charge is -2.69. The number of aliphatic carboxylic acids is 1. The zero-order valence-electron chi connectivity index (χ0n) is 28.1. The Morgan fingerprint density at radius 2 is 1.61 bits per heavy atom. The molecule has 6 N–H and O–H groups in total. The zero-order chi connectivity index (χ0) is 33.0. The molecule has 0 heterocycles. The van der Waals surface area contributed by atoms with Gasteiger partial charge in [0.05, 0.1) is 25.4 Å². The number of nitrogens with one attached hydrogen (secondary N) is 1. The number of aliphatic hydroxyl groups excluding tert-OH is 4. The van der Waals surface area contributed by atoms with E-state index in [2.05, 4.69) is 33.0 Å². The molecule has 0 aromatic rings. The Morgan fingerprint density at radius 3 is 2.16 bits per heavy atom. The Bertz CT molecular complexity index is 1080. The van der Waals surface area contributed by atoms with Crippen LogP contribution in [0.2, 0.25) is 0 Å². The van der Waals surface area contributed by atoms with E-state index in [1.165, 1.54) is 6.92 Å². The number of fused-ring (bicyclic) bond motifs is 5. The number of carbonyl (C=O) groups is 2. The molecular weight excluding hydrogens is 562 g/mol. The average molecular weight is 622 g/mol. The summed E-state index contributed by atoms with van der Waals surface area (Å²) in [6.45, 7) is 15.9. The van der Waals surface area contributed by atoms with Gasteiger partial charge in [-0.15, -0.1) is 0 Å². The maximum atomic E-state index is 12.6. The van der Waals surface area contributed by atoms with Crippen molar-refractivity contribution in [1.29, 1.82) is 0 Å². The molecule has 0 aromatic heterocycles. The van der Waals surface area contributed by atoms with Crippen molar-refractivity contribution in [1.82, 2.24) is 5.32 Å². The molecule has 0 amide bonds. The molecule has 4 saturated carbocycles. The van der Waals surface area contributed by atoms with E-state index in [0.717, 1.165) is 36.8 Å². The molecule has 252 valence electrons. The minimum absolute atomic E-state index is 0.0474. The molecule has 10 atom stereocenters. The van der Waals surface area contributed by atoms with Crippen molar-refractivity contribution in [3.8, 4) is 0 Å². The number of rotatable bonds is 9. The van der Waals surface area contributed by atoms with E-state index in [1.54, 1.807) is 0 Å². The second-order valence-corrected chi connectivity index (χ2v) is 14.8. The molecule has 4 fully saturated rings. The van der Waals surface area contributed by atoms with Crippen LogP contribution in [0.25, 0.3) is 0 Å². The topological polar surface area (TPSA) is 157 Å². The highest BCUT2D eigenvalue weighted by Crippen LogP contribution is 2.74. The molecule has 0 saturated heterocycles. The van der Waals surface area contributed by atoms with E-state index < -0.39 is 24.1 Å². The normalized spacial score (nSPS) is 40.4. The fourth-order valence-corrected chi connectivity index (χ4v) is 10.1. The summed E-state index contributed by atoms with van der Waals surface area (Å²) < 4.78 is 5.87. The number of hydrogen-bond acceptors (Lipinski definition) is 8. The molecule has 4 rings (SSSR count). The summed E-state index contributed by atoms with van der Waals surface area (Å²) in [5.74, 6) is -0.909. The lowest BCUT2D eigenvalue weighted by molar-refractivity contribution is -0.234. The smallest absolute Gasteiger partial charge is 0.331 e. The number of esters is 1. The summed E-state index contributed by atoms with van der Waals surface area (Å²) in [5.41, 5.74) is 1.57. The molecule has 4 aliphatic rings. The summed E-state index contributed by atoms with van der Waals surface area (Å²) in [4.78, 5) is 24.8. The van der Waals surface area contributed by atoms with Gasteiger partial charge in [-0.2, -0.15) is 0 Å². The van der Waals surface area contributed by atoms with Gasteiger partial charge < -0.3 is 35.6 Å². The van der Waals surface area contributed by atoms with Crippen LogP contribution in [0.15, 0.2) is 22.8 Å². The third-order valence-corrected chi connectivity index (χ3v) is 12.1. The van der Waals surface area contributed by atoms with E-state index >= 15 is 0 Å². The molecule has 0 aliphatic heterocycles. The van der Waals surface area contributed by atoms with Crippen LogP contribution in [0, 0.1) is 39.9 Å². The Hall–Kier alpha value is -1.78. The van der Waals surface area contributed by atoms with E-state index in [0.29, 0.717) is 50.3 Å². The van der Waals surface area contributed by atoms with Crippen molar-refractivity contribution in [2.45, 2.75) is 118 Å². The molecule has 0 spiro atoms. The summed E-state index contributed by atoms with van der Waals surface area (Å²) in [7, 11) is 0. The Morgan fingerprint density at radius 1 is 0.977 bits per heavy atom. The number of carboxylic acid groups (broad SMARTS) is 1. The lowest BCUT2D eigenvalue weighted by atomic mass is 9.36. The van der Waals surface area contributed by atoms with Crippen LogP contribution < -0.4 is 5.32 Å². The molecular formula is C35H59NO8. The lowest BCUT2D eigenvalue weighted by Crippen LogP contribution is -2.65. The SMILES string of the molecule is CC(=O)O[C@H]1C[C@@]2(C)[C@@H](C[C@@H](O)C3[C@]2(C)CC[C@H]2[C@@H](C)[C@H](O)CC[C@]32C)C1=C(CCC=C(C)C)C(=O)O.OCCNCCO. The van der Waals surface area contributed by atoms with Gasteiger partial charge in [-0.1, -0.05) is 39.3 Å². The van der Waals surface area contributed by atoms with E-state index in [-0.39, 0.29) is 53.3 Å². The standard InChI is InChI=1S/C31H48O6.C4H11NO2/c1-17(2)9-8-10-20(28(35)36)26-22-15-24(34)27-29(5)13-12-23(33)18(3)21(29)11-14-30(27,6)31(22,7)16-25(26)37-19(4)32;6-3-1-5-2-4-7/h9,18,21-25,27,33-34H,8,10-16H2,1-7H3,(H,35,36);5-7H,1-4H2/t18-,21+,22+,23-,24-,25+,27?,29+,30+,31+;/m1./s1. The number of ether oxygens (including phenoxy) is 1. The first-order valence-electron chi connectivity index (χ1n) is 16.6. The number of carbonyl (C=O) groups excluding carboxylic acids is 1. The zero-order valence-corrected chi connectivity index (χ0v) is 28.1. The molecule has 9 heteroatoms. The quantitative estimate of drug-likeness (QED) is 0.0960. The number of aliphatic hydroxyl groups is 4. The van der Waals surface area contributed by atoms with E-state index in [9.17, 15) is 24.9 Å². The largest absolute Gasteiger partial charge is 0.478 e. The van der Waals surface area contributed by atoms with Crippen molar-refractivity contribution in [3.05, 3.63) is 22.8 Å². The Balaban J connectivity index is 0.000000676. The highest BCUT2D eigenvalue weighted by molar-refractivity contribution is 5.88. The molecule has 44 heavy (non-hydrogen) atoms. The molecule has 1 unspecified atom stereocenters. The van der Waals surface area contributed by atoms with E-state index in [4.69, 9.17) is 14.9 Å². The van der Waals surface area contributed by atoms with Crippen LogP contribution in [-0.4, -0.2) is 82.1 Å². The summed E-state index contributed by atoms with van der Waals surface area (Å²) in [6, 6.07) is 0. The van der Waals surface area contributed by atoms with Gasteiger partial charge in [-0.25, -0.2) is 4.79 Å². The predicted octanol–water partition coefficient (Wildman–Crippen LogP) is 4.23. The monoisotopic (exact) mass is 621 g/mol. The summed E-state index contributed by atoms with van der Waals surface area (Å²) in [5, 5.41) is 52.0. The van der Waals surface area contributed by atoms with Crippen LogP contribution in [0.1, 0.15) is 99.8 Å². The second-order valence-electron chi connectivity index (χ2n) is 14.8. The van der Waals surface area contributed by atoms with Gasteiger partial charge in [0, 0.05) is 25.6 Å². The van der Waals surface area contributed by atoms with Gasteiger partial charge in [0.1, 0.15) is 6.10 Å². The molecule has 0 bridgehead atoms. The maximum Gasteiger partial charge on any atom is 0.331 e. The van der Waals surface area contributed by atoms with Gasteiger partial charge in [-0.05, 0) is 111 Å². The van der Waals surface area contributed by atoms with Crippen molar-refractivity contribution < 1.29 is 39.9 Å². The molecule has 4 aliphatic carbocycles. The highest BCUT2D eigenvalue weighted by Gasteiger charge is 2.70. The Labute approximate surface area is 264 Å². The second kappa shape index (κ2) is 14.8. The minimum atomic E-state index is -0.953. The van der Waals surface area contributed by atoms with Gasteiger partial charge in [0.25, 0.3) is 0 Å². The first-order valence-corrected chi connectivity index (χ1v) is 16.6. The first-order chi connectivity index (χ1) is 20.6. The Kier molecular flexibility index (Phi) is 12.3. The highest BCUT2D eigenvalue weighted by atomic mass is 16.5. The third kappa shape index (κ3) is 6.97. The van der Waals surface area contributed by atoms with Crippen LogP contribution in [0.5, 0.6) is 0 Å². The maximum absolute atomic E-state index is 12.6. The van der Waals surface area contributed by atoms with Crippen LogP contribution in [-0.2, 0) is 14.3 Å². The van der Waals surface area contributed by atoms with Crippen LogP contribution >= 0.6 is 0 Å². The first kappa shape index (κ1) is 36.7. The van der Waals surface area contributed by atoms with E-state index in [1.807, 2.05) is 19.9 Å². The van der Waals surface area contributed by atoms with Crippen LogP contribution in [0.4, 0.5) is 0 Å². The van der Waals surface area contributed by atoms with Crippen molar-refractivity contribution >= 4 is 11.9 Å². The van der Waals surface area contributed by atoms with Gasteiger partial charge in [0.15, 0.2) is 0 Å². The van der Waals surface area contributed by atoms with Crippen LogP contribution in [0.3, 0.4) is 0 Å². The third-order valence-electron chi connectivity index (χ3n) is 12.1. The van der Waals surface area contributed by atoms with Crippen molar-refractivity contribution in [2.24, 2.45) is 39.9 Å². The van der Waals surface area contributed by atoms with Crippen molar-refractivity contribution in [2.75, 3.05) is 26.3 Å². The molecule has 0 radical (unpaired) electrons. The molecule has 0 aromatic carbocycles.